The Hall–Kier alpha value is -2.69. The fourth-order valence-corrected chi connectivity index (χ4v) is 2.33. The second-order valence-corrected chi connectivity index (χ2v) is 5.34. The molecule has 2 amide bonds. The molecule has 0 atom stereocenters. The van der Waals surface area contributed by atoms with Crippen LogP contribution in [0.1, 0.15) is 25.3 Å². The quantitative estimate of drug-likeness (QED) is 0.797. The Kier molecular flexibility index (Phi) is 5.86. The Bertz CT molecular complexity index is 720. The molecule has 0 aliphatic rings. The number of amides is 2. The van der Waals surface area contributed by atoms with Gasteiger partial charge in [-0.2, -0.15) is 0 Å². The molecule has 1 aromatic heterocycles. The van der Waals surface area contributed by atoms with Crippen molar-refractivity contribution in [1.29, 1.82) is 0 Å². The number of nitrogens with two attached hydrogens (primary N) is 1. The molecule has 0 saturated carbocycles. The first-order valence-electron chi connectivity index (χ1n) is 7.71. The van der Waals surface area contributed by atoms with E-state index < -0.39 is 5.91 Å². The van der Waals surface area contributed by atoms with Gasteiger partial charge in [0.25, 0.3) is 0 Å². The number of primary amides is 1. The number of carbonyl (C=O) groups is 2. The van der Waals surface area contributed by atoms with E-state index >= 15 is 0 Å². The smallest absolute Gasteiger partial charge is 0.247 e. The minimum Gasteiger partial charge on any atom is -0.368 e. The molecule has 1 aromatic carbocycles. The van der Waals surface area contributed by atoms with Gasteiger partial charge in [-0.25, -0.2) is 0 Å². The lowest BCUT2D eigenvalue weighted by atomic mass is 10.1. The lowest BCUT2D eigenvalue weighted by Crippen LogP contribution is -2.38. The third-order valence-electron chi connectivity index (χ3n) is 3.51. The number of rotatable bonds is 7. The van der Waals surface area contributed by atoms with Crippen molar-refractivity contribution in [2.24, 2.45) is 5.73 Å². The van der Waals surface area contributed by atoms with Crippen molar-refractivity contribution in [3.8, 4) is 0 Å². The first-order valence-corrected chi connectivity index (χ1v) is 7.71. The van der Waals surface area contributed by atoms with Gasteiger partial charge in [0, 0.05) is 29.8 Å². The lowest BCUT2D eigenvalue weighted by Gasteiger charge is -2.19. The standard InChI is InChI=1S/C18H21N3O2/c1-2-3-12-21(13-16(19)22)17(23)10-9-15-7-4-6-14-8-5-11-20-18(14)15/h4-11H,2-3,12-13H2,1H3,(H2,19,22). The first kappa shape index (κ1) is 16.7. The summed E-state index contributed by atoms with van der Waals surface area (Å²) in [5, 5.41) is 1.02. The molecule has 2 N–H and O–H groups in total. The number of aromatic nitrogens is 1. The van der Waals surface area contributed by atoms with E-state index in [1.54, 1.807) is 12.3 Å². The van der Waals surface area contributed by atoms with Crippen molar-refractivity contribution in [1.82, 2.24) is 9.88 Å². The molecular formula is C18H21N3O2. The van der Waals surface area contributed by atoms with E-state index in [-0.39, 0.29) is 12.5 Å². The Morgan fingerprint density at radius 2 is 2.04 bits per heavy atom. The zero-order valence-corrected chi connectivity index (χ0v) is 13.2. The molecule has 0 spiro atoms. The van der Waals surface area contributed by atoms with Gasteiger partial charge in [0.1, 0.15) is 0 Å². The van der Waals surface area contributed by atoms with Crippen LogP contribution in [0.25, 0.3) is 17.0 Å². The molecule has 120 valence electrons. The lowest BCUT2D eigenvalue weighted by molar-refractivity contribution is -0.131. The molecular weight excluding hydrogens is 290 g/mol. The molecule has 2 rings (SSSR count). The van der Waals surface area contributed by atoms with Crippen molar-refractivity contribution < 1.29 is 9.59 Å². The van der Waals surface area contributed by atoms with E-state index in [1.807, 2.05) is 37.3 Å². The van der Waals surface area contributed by atoms with Gasteiger partial charge < -0.3 is 10.6 Å². The zero-order valence-electron chi connectivity index (χ0n) is 13.2. The van der Waals surface area contributed by atoms with Gasteiger partial charge >= 0.3 is 0 Å². The van der Waals surface area contributed by atoms with Crippen LogP contribution in [0.4, 0.5) is 0 Å². The highest BCUT2D eigenvalue weighted by molar-refractivity contribution is 5.96. The van der Waals surface area contributed by atoms with Crippen molar-refractivity contribution in [3.63, 3.8) is 0 Å². The first-order chi connectivity index (χ1) is 11.1. The molecule has 0 saturated heterocycles. The van der Waals surface area contributed by atoms with Gasteiger partial charge in [0.05, 0.1) is 12.1 Å². The number of fused-ring (bicyclic) bond motifs is 1. The summed E-state index contributed by atoms with van der Waals surface area (Å²) in [6, 6.07) is 9.65. The number of unbranched alkanes of at least 4 members (excludes halogenated alkanes) is 1. The van der Waals surface area contributed by atoms with Crippen molar-refractivity contribution >= 4 is 28.8 Å². The van der Waals surface area contributed by atoms with Crippen LogP contribution >= 0.6 is 0 Å². The van der Waals surface area contributed by atoms with Crippen molar-refractivity contribution in [2.75, 3.05) is 13.1 Å². The third kappa shape index (κ3) is 4.64. The van der Waals surface area contributed by atoms with E-state index in [2.05, 4.69) is 4.98 Å². The molecule has 0 radical (unpaired) electrons. The van der Waals surface area contributed by atoms with E-state index in [0.717, 1.165) is 29.3 Å². The topological polar surface area (TPSA) is 76.3 Å². The van der Waals surface area contributed by atoms with Crippen molar-refractivity contribution in [2.45, 2.75) is 19.8 Å². The fraction of sp³-hybridized carbons (Fsp3) is 0.278. The summed E-state index contributed by atoms with van der Waals surface area (Å²) in [5.74, 6) is -0.722. The summed E-state index contributed by atoms with van der Waals surface area (Å²) in [4.78, 5) is 29.3. The van der Waals surface area contributed by atoms with Crippen molar-refractivity contribution in [3.05, 3.63) is 48.2 Å². The Morgan fingerprint density at radius 3 is 2.78 bits per heavy atom. The van der Waals surface area contributed by atoms with Gasteiger partial charge in [-0.3, -0.25) is 14.6 Å². The highest BCUT2D eigenvalue weighted by Crippen LogP contribution is 2.17. The molecule has 0 aliphatic heterocycles. The minimum atomic E-state index is -0.505. The molecule has 5 nitrogen and oxygen atoms in total. The number of carbonyl (C=O) groups excluding carboxylic acids is 2. The zero-order chi connectivity index (χ0) is 16.7. The van der Waals surface area contributed by atoms with Gasteiger partial charge in [-0.1, -0.05) is 37.6 Å². The molecule has 0 bridgehead atoms. The minimum absolute atomic E-state index is 0.0586. The number of hydrogen-bond acceptors (Lipinski definition) is 3. The average molecular weight is 311 g/mol. The van der Waals surface area contributed by atoms with Crippen LogP contribution in [-0.4, -0.2) is 34.8 Å². The van der Waals surface area contributed by atoms with Crippen LogP contribution in [0.2, 0.25) is 0 Å². The maximum atomic E-state index is 12.3. The summed E-state index contributed by atoms with van der Waals surface area (Å²) in [5.41, 5.74) is 6.93. The largest absolute Gasteiger partial charge is 0.368 e. The molecule has 1 heterocycles. The second kappa shape index (κ2) is 8.08. The molecule has 0 unspecified atom stereocenters. The number of pyridine rings is 1. The molecule has 5 heteroatoms. The predicted molar refractivity (Wildman–Crippen MR) is 91.5 cm³/mol. The van der Waals surface area contributed by atoms with E-state index in [1.165, 1.54) is 11.0 Å². The summed E-state index contributed by atoms with van der Waals surface area (Å²) in [6.07, 6.45) is 6.71. The SMILES string of the molecule is CCCCN(CC(N)=O)C(=O)C=Cc1cccc2cccnc12. The van der Waals surface area contributed by atoms with Crippen LogP contribution in [-0.2, 0) is 9.59 Å². The second-order valence-electron chi connectivity index (χ2n) is 5.34. The number of benzene rings is 1. The molecule has 0 aliphatic carbocycles. The van der Waals surface area contributed by atoms with Gasteiger partial charge in [0.15, 0.2) is 0 Å². The number of nitrogens with zero attached hydrogens (tertiary/aromatic N) is 2. The van der Waals surface area contributed by atoms with Gasteiger partial charge in [-0.05, 0) is 18.6 Å². The molecule has 23 heavy (non-hydrogen) atoms. The van der Waals surface area contributed by atoms with Gasteiger partial charge in [0.2, 0.25) is 11.8 Å². The number of para-hydroxylation sites is 1. The van der Waals surface area contributed by atoms with E-state index in [0.29, 0.717) is 6.54 Å². The summed E-state index contributed by atoms with van der Waals surface area (Å²) in [7, 11) is 0. The van der Waals surface area contributed by atoms with Crippen LogP contribution in [0.5, 0.6) is 0 Å². The monoisotopic (exact) mass is 311 g/mol. The normalized spacial score (nSPS) is 11.0. The summed E-state index contributed by atoms with van der Waals surface area (Å²) < 4.78 is 0. The Balaban J connectivity index is 2.18. The third-order valence-corrected chi connectivity index (χ3v) is 3.51. The van der Waals surface area contributed by atoms with Crippen LogP contribution < -0.4 is 5.73 Å². The predicted octanol–water partition coefficient (Wildman–Crippen LogP) is 2.36. The van der Waals surface area contributed by atoms with E-state index in [4.69, 9.17) is 5.73 Å². The molecule has 2 aromatic rings. The van der Waals surface area contributed by atoms with Crippen LogP contribution in [0.3, 0.4) is 0 Å². The highest BCUT2D eigenvalue weighted by Gasteiger charge is 2.12. The number of hydrogen-bond donors (Lipinski definition) is 1. The average Bonchev–Trinajstić information content (AvgIpc) is 2.56. The maximum absolute atomic E-state index is 12.3. The Morgan fingerprint density at radius 1 is 1.26 bits per heavy atom. The summed E-state index contributed by atoms with van der Waals surface area (Å²) in [6.45, 7) is 2.50. The highest BCUT2D eigenvalue weighted by atomic mass is 16.2. The van der Waals surface area contributed by atoms with E-state index in [9.17, 15) is 9.59 Å². The summed E-state index contributed by atoms with van der Waals surface area (Å²) >= 11 is 0. The van der Waals surface area contributed by atoms with Gasteiger partial charge in [-0.15, -0.1) is 0 Å². The van der Waals surface area contributed by atoms with Crippen LogP contribution in [0.15, 0.2) is 42.6 Å². The maximum Gasteiger partial charge on any atom is 0.247 e. The molecule has 0 fully saturated rings. The fourth-order valence-electron chi connectivity index (χ4n) is 2.33. The Labute approximate surface area is 135 Å². The van der Waals surface area contributed by atoms with Crippen LogP contribution in [0, 0.1) is 0 Å².